The van der Waals surface area contributed by atoms with Crippen molar-refractivity contribution < 1.29 is 4.21 Å². The molecule has 0 saturated heterocycles. The van der Waals surface area contributed by atoms with Crippen LogP contribution in [-0.4, -0.2) is 23.1 Å². The fourth-order valence-electron chi connectivity index (χ4n) is 0.0333. The van der Waals surface area contributed by atoms with Crippen molar-refractivity contribution >= 4 is 17.1 Å². The molecule has 3 N–H and O–H groups in total. The van der Waals surface area contributed by atoms with E-state index < -0.39 is 10.8 Å². The summed E-state index contributed by atoms with van der Waals surface area (Å²) in [4.78, 5) is 0. The number of nitrogens with one attached hydrogen (secondary N) is 1. The van der Waals surface area contributed by atoms with Crippen molar-refractivity contribution in [1.29, 1.82) is 5.53 Å². The van der Waals surface area contributed by atoms with Crippen molar-refractivity contribution in [1.82, 2.24) is 0 Å². The summed E-state index contributed by atoms with van der Waals surface area (Å²) in [7, 11) is -0.611. The van der Waals surface area contributed by atoms with Crippen LogP contribution in [0.5, 0.6) is 0 Å². The molecule has 5 nitrogen and oxygen atoms in total. The minimum atomic E-state index is -0.611. The molecule has 0 bridgehead atoms. The monoisotopic (exact) mass is 150 g/mol. The Bertz CT molecular complexity index is 108. The molecule has 0 aliphatic heterocycles. The lowest BCUT2D eigenvalue weighted by molar-refractivity contribution is 0.690. The Morgan fingerprint density at radius 2 is 2.00 bits per heavy atom. The van der Waals surface area contributed by atoms with Gasteiger partial charge in [-0.3, -0.25) is 4.21 Å². The lowest BCUT2D eigenvalue weighted by atomic mass is 11.4. The van der Waals surface area contributed by atoms with Gasteiger partial charge < -0.3 is 5.84 Å². The van der Waals surface area contributed by atoms with Gasteiger partial charge in [0.2, 0.25) is 0 Å². The molecule has 0 aromatic carbocycles. The van der Waals surface area contributed by atoms with Crippen LogP contribution in [0.4, 0.5) is 0 Å². The fourth-order valence-corrected chi connectivity index (χ4v) is 0.0333. The van der Waals surface area contributed by atoms with E-state index in [1.807, 2.05) is 0 Å². The van der Waals surface area contributed by atoms with E-state index in [0.717, 1.165) is 6.34 Å². The minimum absolute atomic E-state index is 0.611. The Morgan fingerprint density at radius 1 is 1.67 bits per heavy atom. The predicted molar refractivity (Wildman–Crippen MR) is 37.8 cm³/mol. The first kappa shape index (κ1) is 11.1. The van der Waals surface area contributed by atoms with E-state index in [9.17, 15) is 4.21 Å². The van der Waals surface area contributed by atoms with Crippen molar-refractivity contribution in [3.63, 3.8) is 0 Å². The predicted octanol–water partition coefficient (Wildman–Crippen LogP) is -0.0859. The SMILES string of the molecule is CS(C)=O.N=NC=NN. The number of nitrogens with zero attached hydrogens (tertiary/aromatic N) is 2. The van der Waals surface area contributed by atoms with Gasteiger partial charge in [-0.2, -0.15) is 5.10 Å². The first-order chi connectivity index (χ1) is 4.15. The molecule has 0 aliphatic carbocycles. The molecule has 0 unspecified atom stereocenters. The molecule has 0 rings (SSSR count). The van der Waals surface area contributed by atoms with Gasteiger partial charge >= 0.3 is 0 Å². The largest absolute Gasteiger partial charge is 0.322 e. The summed E-state index contributed by atoms with van der Waals surface area (Å²) >= 11 is 0. The maximum absolute atomic E-state index is 9.56. The van der Waals surface area contributed by atoms with Crippen LogP contribution in [0.2, 0.25) is 0 Å². The van der Waals surface area contributed by atoms with E-state index in [4.69, 9.17) is 5.53 Å². The second-order valence-electron chi connectivity index (χ2n) is 1.14. The second-order valence-corrected chi connectivity index (χ2v) is 2.62. The van der Waals surface area contributed by atoms with Gasteiger partial charge in [0.25, 0.3) is 0 Å². The van der Waals surface area contributed by atoms with Gasteiger partial charge in [-0.1, -0.05) is 0 Å². The lowest BCUT2D eigenvalue weighted by Gasteiger charge is -1.60. The zero-order valence-corrected chi connectivity index (χ0v) is 6.18. The van der Waals surface area contributed by atoms with Crippen molar-refractivity contribution in [2.45, 2.75) is 0 Å². The van der Waals surface area contributed by atoms with Crippen LogP contribution in [0.15, 0.2) is 10.2 Å². The van der Waals surface area contributed by atoms with E-state index in [1.54, 1.807) is 12.5 Å². The highest BCUT2D eigenvalue weighted by atomic mass is 32.2. The van der Waals surface area contributed by atoms with Gasteiger partial charge in [-0.25, -0.2) is 5.53 Å². The summed E-state index contributed by atoms with van der Waals surface area (Å²) in [5, 5.41) is 5.56. The van der Waals surface area contributed by atoms with E-state index in [1.165, 1.54) is 0 Å². The van der Waals surface area contributed by atoms with Crippen LogP contribution < -0.4 is 5.84 Å². The molecule has 0 aromatic heterocycles. The molecule has 0 aliphatic rings. The minimum Gasteiger partial charge on any atom is -0.322 e. The maximum Gasteiger partial charge on any atom is 0.156 e. The Kier molecular flexibility index (Phi) is 12.6. The Balaban J connectivity index is 0. The topological polar surface area (TPSA) is 91.7 Å². The van der Waals surface area contributed by atoms with Crippen LogP contribution in [0.25, 0.3) is 0 Å². The highest BCUT2D eigenvalue weighted by Gasteiger charge is 1.57. The summed E-state index contributed by atoms with van der Waals surface area (Å²) in [6, 6.07) is 0. The second kappa shape index (κ2) is 10.3. The molecular weight excluding hydrogens is 140 g/mol. The average molecular weight is 150 g/mol. The maximum atomic E-state index is 9.56. The third kappa shape index (κ3) is 132. The van der Waals surface area contributed by atoms with Crippen molar-refractivity contribution in [2.24, 2.45) is 16.1 Å². The van der Waals surface area contributed by atoms with E-state index >= 15 is 0 Å². The molecule has 0 radical (unpaired) electrons. The van der Waals surface area contributed by atoms with Crippen molar-refractivity contribution in [2.75, 3.05) is 12.5 Å². The number of rotatable bonds is 1. The zero-order valence-electron chi connectivity index (χ0n) is 5.37. The first-order valence-electron chi connectivity index (χ1n) is 1.98. The summed E-state index contributed by atoms with van der Waals surface area (Å²) in [6.45, 7) is 0. The summed E-state index contributed by atoms with van der Waals surface area (Å²) in [5.41, 5.74) is 6.00. The molecule has 9 heavy (non-hydrogen) atoms. The molecular formula is C3H10N4OS. The zero-order chi connectivity index (χ0) is 7.70. The molecule has 0 aromatic rings. The number of nitrogens with two attached hydrogens (primary N) is 1. The van der Waals surface area contributed by atoms with Crippen LogP contribution >= 0.6 is 0 Å². The highest BCUT2D eigenvalue weighted by molar-refractivity contribution is 7.83. The molecule has 0 saturated carbocycles. The van der Waals surface area contributed by atoms with Gasteiger partial charge in [0.1, 0.15) is 0 Å². The highest BCUT2D eigenvalue weighted by Crippen LogP contribution is 1.47. The number of hydrogen-bond donors (Lipinski definition) is 2. The molecule has 54 valence electrons. The van der Waals surface area contributed by atoms with Gasteiger partial charge in [0.15, 0.2) is 6.34 Å². The van der Waals surface area contributed by atoms with Gasteiger partial charge in [0, 0.05) is 23.3 Å². The quantitative estimate of drug-likeness (QED) is 0.180. The van der Waals surface area contributed by atoms with E-state index in [-0.39, 0.29) is 0 Å². The normalized spacial score (nSPS) is 8.78. The van der Waals surface area contributed by atoms with E-state index in [0.29, 0.717) is 0 Å². The lowest BCUT2D eigenvalue weighted by Crippen LogP contribution is -1.75. The van der Waals surface area contributed by atoms with Crippen molar-refractivity contribution in [3.05, 3.63) is 0 Å². The molecule has 0 heterocycles. The third-order valence-electron chi connectivity index (χ3n) is 0.124. The van der Waals surface area contributed by atoms with Crippen LogP contribution in [0.3, 0.4) is 0 Å². The Hall–Kier alpha value is -0.780. The smallest absolute Gasteiger partial charge is 0.156 e. The number of hydrazone groups is 1. The molecule has 0 spiro atoms. The van der Waals surface area contributed by atoms with Gasteiger partial charge in [-0.05, 0) is 0 Å². The summed E-state index contributed by atoms with van der Waals surface area (Å²) in [6.07, 6.45) is 4.22. The molecule has 6 heteroatoms. The molecule has 0 atom stereocenters. The Morgan fingerprint density at radius 3 is 2.00 bits per heavy atom. The fraction of sp³-hybridized carbons (Fsp3) is 0.667. The standard InChI is InChI=1S/C2H6OS.CH4N4/c1-4(2)3;2-4-1-5-3/h1-2H3;1-2H,3H2. The molecule has 0 fully saturated rings. The van der Waals surface area contributed by atoms with Crippen LogP contribution in [0, 0.1) is 5.53 Å². The van der Waals surface area contributed by atoms with Crippen molar-refractivity contribution in [3.8, 4) is 0 Å². The van der Waals surface area contributed by atoms with Crippen LogP contribution in [0.1, 0.15) is 0 Å². The summed E-state index contributed by atoms with van der Waals surface area (Å²) in [5.74, 6) is 4.49. The van der Waals surface area contributed by atoms with Gasteiger partial charge in [0.05, 0.1) is 0 Å². The first-order valence-corrected chi connectivity index (χ1v) is 3.95. The third-order valence-corrected chi connectivity index (χ3v) is 0.124. The average Bonchev–Trinajstić information content (AvgIpc) is 1.66. The Labute approximate surface area is 56.3 Å². The van der Waals surface area contributed by atoms with Gasteiger partial charge in [-0.15, -0.1) is 5.11 Å². The number of hydrogen-bond acceptors (Lipinski definition) is 4. The van der Waals surface area contributed by atoms with Crippen LogP contribution in [-0.2, 0) is 10.8 Å². The summed E-state index contributed by atoms with van der Waals surface area (Å²) < 4.78 is 9.56. The van der Waals surface area contributed by atoms with E-state index in [2.05, 4.69) is 16.1 Å². The molecule has 0 amide bonds.